The van der Waals surface area contributed by atoms with Crippen molar-refractivity contribution < 1.29 is 60.0 Å². The fourth-order valence-corrected chi connectivity index (χ4v) is 4.71. The van der Waals surface area contributed by atoms with E-state index >= 15 is 0 Å². The predicted molar refractivity (Wildman–Crippen MR) is 193 cm³/mol. The molecule has 0 heterocycles. The van der Waals surface area contributed by atoms with Crippen LogP contribution in [-0.4, -0.2) is 68.2 Å². The molecule has 0 amide bonds. The molecule has 12 nitrogen and oxygen atoms in total. The maximum atomic E-state index is 11.5. The molecule has 0 aliphatic heterocycles. The first-order valence-electron chi connectivity index (χ1n) is 16.3. The van der Waals surface area contributed by atoms with Crippen LogP contribution in [-0.2, 0) is 0 Å². The number of hydrogen-bond acceptors (Lipinski definition) is 8. The Bertz CT molecular complexity index is 1590. The normalized spacial score (nSPS) is 10.2. The molecule has 0 spiro atoms. The van der Waals surface area contributed by atoms with Gasteiger partial charge in [0.25, 0.3) is 0 Å². The van der Waals surface area contributed by atoms with Crippen molar-refractivity contribution in [1.82, 2.24) is 0 Å². The molecule has 0 saturated heterocycles. The Morgan fingerprint density at radius 2 is 0.528 bits per heavy atom. The molecule has 4 rings (SSSR count). The second-order valence-corrected chi connectivity index (χ2v) is 12.7. The van der Waals surface area contributed by atoms with Gasteiger partial charge < -0.3 is 40.9 Å². The zero-order chi connectivity index (χ0) is 40.0. The van der Waals surface area contributed by atoms with E-state index in [1.807, 2.05) is 55.4 Å². The first-order valence-corrected chi connectivity index (χ1v) is 16.3. The molecule has 0 saturated carbocycles. The summed E-state index contributed by atoms with van der Waals surface area (Å²) in [6.45, 7) is 14.9. The van der Waals surface area contributed by atoms with Gasteiger partial charge in [-0.15, -0.1) is 0 Å². The summed E-state index contributed by atoms with van der Waals surface area (Å²) in [6, 6.07) is 18.4. The van der Waals surface area contributed by atoms with Crippen LogP contribution in [0.3, 0.4) is 0 Å². The Balaban J connectivity index is 0.000000676. The Labute approximate surface area is 326 Å². The summed E-state index contributed by atoms with van der Waals surface area (Å²) >= 11 is 0. The van der Waals surface area contributed by atoms with Crippen LogP contribution in [0.15, 0.2) is 72.8 Å². The molecule has 0 aliphatic rings. The second-order valence-electron chi connectivity index (χ2n) is 12.7. The van der Waals surface area contributed by atoms with E-state index in [9.17, 15) is 39.6 Å². The fraction of sp³-hybridized carbons (Fsp3) is 0.300. The van der Waals surface area contributed by atoms with Crippen molar-refractivity contribution >= 4 is 47.8 Å². The van der Waals surface area contributed by atoms with Gasteiger partial charge in [-0.2, -0.15) is 0 Å². The van der Waals surface area contributed by atoms with Crippen LogP contribution in [0, 0.1) is 0 Å². The van der Waals surface area contributed by atoms with E-state index in [1.54, 1.807) is 48.5 Å². The molecule has 4 aromatic carbocycles. The molecule has 0 fully saturated rings. The maximum absolute atomic E-state index is 11.5. The molecule has 13 heteroatoms. The third kappa shape index (κ3) is 13.7. The average molecular weight is 835 g/mol. The van der Waals surface area contributed by atoms with Crippen LogP contribution in [0.1, 0.15) is 143 Å². The van der Waals surface area contributed by atoms with Crippen molar-refractivity contribution in [2.75, 3.05) is 0 Å². The van der Waals surface area contributed by atoms with E-state index in [4.69, 9.17) is 20.4 Å². The van der Waals surface area contributed by atoms with Crippen LogP contribution >= 0.6 is 0 Å². The van der Waals surface area contributed by atoms with E-state index in [-0.39, 0.29) is 92.8 Å². The summed E-state index contributed by atoms with van der Waals surface area (Å²) in [5.74, 6) is -5.87. The number of rotatable bonds is 8. The van der Waals surface area contributed by atoms with Gasteiger partial charge in [0.05, 0.1) is 22.3 Å². The summed E-state index contributed by atoms with van der Waals surface area (Å²) in [6.07, 6.45) is 0. The van der Waals surface area contributed by atoms with E-state index < -0.39 is 23.9 Å². The zero-order valence-electron chi connectivity index (χ0n) is 30.8. The molecule has 0 unspecified atom stereocenters. The van der Waals surface area contributed by atoms with E-state index in [1.165, 1.54) is 24.3 Å². The van der Waals surface area contributed by atoms with Gasteiger partial charge in [-0.05, 0) is 47.9 Å². The van der Waals surface area contributed by atoms with Gasteiger partial charge in [0, 0.05) is 0 Å². The summed E-state index contributed by atoms with van der Waals surface area (Å²) < 4.78 is 0. The summed E-state index contributed by atoms with van der Waals surface area (Å²) in [5.41, 5.74) is 1.63. The van der Waals surface area contributed by atoms with E-state index in [0.29, 0.717) is 22.3 Å². The molecule has 0 radical (unpaired) electrons. The number of carbonyl (C=O) groups is 4. The van der Waals surface area contributed by atoms with Gasteiger partial charge in [-0.1, -0.05) is 149 Å². The third-order valence-electron chi connectivity index (χ3n) is 7.59. The number of aromatic carboxylic acids is 4. The Morgan fingerprint density at radius 1 is 0.377 bits per heavy atom. The monoisotopic (exact) mass is 836 g/mol. The van der Waals surface area contributed by atoms with Crippen molar-refractivity contribution in [2.45, 2.75) is 79.1 Å². The SMILES string of the molecule is CC(C)c1cccc(C(=O)O)c1[O-].CC(C)c1cccc(C(=O)O)c1[O-].CC(C)c1cccc(C(=O)O)c1[O-].CC(C)c1cccc(C(=O)O)c1[O-].[Sn+4]. The minimum Gasteiger partial charge on any atom is -0.872 e. The number of para-hydroxylation sites is 4. The van der Waals surface area contributed by atoms with Gasteiger partial charge in [0.1, 0.15) is 0 Å². The van der Waals surface area contributed by atoms with Gasteiger partial charge in [0.2, 0.25) is 0 Å². The smallest absolute Gasteiger partial charge is 0.872 e. The average Bonchev–Trinajstić information content (AvgIpc) is 3.05. The van der Waals surface area contributed by atoms with Crippen LogP contribution in [0.2, 0.25) is 0 Å². The standard InChI is InChI=1S/4C10H12O3.Sn/c4*1-6(2)7-4-3-5-8(9(7)11)10(12)13;/h4*3-6,11H,1-2H3,(H,12,13);/q;;;;+4/p-4. The Hall–Kier alpha value is -5.24. The number of carboxylic acid groups (broad SMARTS) is 4. The van der Waals surface area contributed by atoms with E-state index in [2.05, 4.69) is 0 Å². The Kier molecular flexibility index (Phi) is 19.8. The summed E-state index contributed by atoms with van der Waals surface area (Å²) in [5, 5.41) is 80.6. The fourth-order valence-electron chi connectivity index (χ4n) is 4.71. The molecule has 0 atom stereocenters. The molecule has 4 aromatic rings. The van der Waals surface area contributed by atoms with Crippen molar-refractivity contribution in [1.29, 1.82) is 0 Å². The van der Waals surface area contributed by atoms with Gasteiger partial charge in [-0.3, -0.25) is 0 Å². The number of benzene rings is 4. The van der Waals surface area contributed by atoms with Crippen LogP contribution < -0.4 is 20.4 Å². The van der Waals surface area contributed by atoms with Gasteiger partial charge in [0.15, 0.2) is 0 Å². The number of carboxylic acids is 4. The summed E-state index contributed by atoms with van der Waals surface area (Å²) in [7, 11) is 0. The maximum Gasteiger partial charge on any atom is 4.00 e. The molecule has 0 aromatic heterocycles. The van der Waals surface area contributed by atoms with Crippen molar-refractivity contribution in [2.24, 2.45) is 0 Å². The molecular weight excluding hydrogens is 791 g/mol. The molecule has 4 N–H and O–H groups in total. The molecule has 0 aliphatic carbocycles. The molecule has 280 valence electrons. The second kappa shape index (κ2) is 22.0. The van der Waals surface area contributed by atoms with Gasteiger partial charge >= 0.3 is 47.8 Å². The quantitative estimate of drug-likeness (QED) is 0.151. The molecule has 53 heavy (non-hydrogen) atoms. The topological polar surface area (TPSA) is 241 Å². The van der Waals surface area contributed by atoms with Crippen molar-refractivity contribution in [3.8, 4) is 23.0 Å². The van der Waals surface area contributed by atoms with E-state index in [0.717, 1.165) is 0 Å². The van der Waals surface area contributed by atoms with Crippen molar-refractivity contribution in [3.63, 3.8) is 0 Å². The molecular formula is C40H44O12Sn. The first-order chi connectivity index (χ1) is 24.1. The van der Waals surface area contributed by atoms with Crippen LogP contribution in [0.25, 0.3) is 0 Å². The zero-order valence-corrected chi connectivity index (χ0v) is 33.6. The van der Waals surface area contributed by atoms with Crippen LogP contribution in [0.4, 0.5) is 0 Å². The minimum absolute atomic E-state index is 0. The minimum atomic E-state index is -1.16. The Morgan fingerprint density at radius 3 is 0.642 bits per heavy atom. The van der Waals surface area contributed by atoms with Gasteiger partial charge in [-0.25, -0.2) is 19.2 Å². The summed E-state index contributed by atoms with van der Waals surface area (Å²) in [4.78, 5) is 42.4. The number of hydrogen-bond donors (Lipinski definition) is 4. The molecule has 0 bridgehead atoms. The largest absolute Gasteiger partial charge is 4.00 e. The van der Waals surface area contributed by atoms with Crippen molar-refractivity contribution in [3.05, 3.63) is 117 Å². The first kappa shape index (κ1) is 47.8. The third-order valence-corrected chi connectivity index (χ3v) is 7.59. The predicted octanol–water partition coefficient (Wildman–Crippen LogP) is 5.95. The van der Waals surface area contributed by atoms with Crippen LogP contribution in [0.5, 0.6) is 23.0 Å².